The number of anilines is 1. The number of hydrogen-bond acceptors (Lipinski definition) is 4. The molecule has 0 aliphatic heterocycles. The van der Waals surface area contributed by atoms with Crippen LogP contribution < -0.4 is 5.32 Å². The van der Waals surface area contributed by atoms with Crippen LogP contribution in [0.15, 0.2) is 59.7 Å². The van der Waals surface area contributed by atoms with Gasteiger partial charge in [0.15, 0.2) is 5.69 Å². The number of aromatic nitrogens is 3. The molecule has 8 heteroatoms. The number of carbonyl (C=O) groups excluding carboxylic acids is 1. The maximum Gasteiger partial charge on any atom is 0.278 e. The molecule has 0 unspecified atom stereocenters. The monoisotopic (exact) mass is 441 g/mol. The zero-order valence-corrected chi connectivity index (χ0v) is 18.4. The lowest BCUT2D eigenvalue weighted by Crippen LogP contribution is -2.14. The van der Waals surface area contributed by atoms with Gasteiger partial charge in [-0.3, -0.25) is 9.79 Å². The first-order valence-corrected chi connectivity index (χ1v) is 10.1. The Morgan fingerprint density at radius 2 is 1.90 bits per heavy atom. The number of nitrogens with one attached hydrogen (secondary N) is 1. The Bertz CT molecular complexity index is 1120. The van der Waals surface area contributed by atoms with Gasteiger partial charge in [-0.1, -0.05) is 52.7 Å². The van der Waals surface area contributed by atoms with E-state index >= 15 is 0 Å². The highest BCUT2D eigenvalue weighted by Crippen LogP contribution is 2.23. The number of hydrogen-bond donors (Lipinski definition) is 1. The second-order valence-corrected chi connectivity index (χ2v) is 7.47. The average molecular weight is 442 g/mol. The molecule has 30 heavy (non-hydrogen) atoms. The van der Waals surface area contributed by atoms with Gasteiger partial charge >= 0.3 is 0 Å². The SMILES string of the molecule is C/C=C\N=C(C)c1ccc(NC(=O)c2nnn(Cc3ccc(Cl)c(Cl)c3)c2C)cc1. The van der Waals surface area contributed by atoms with Crippen molar-refractivity contribution in [3.05, 3.63) is 87.3 Å². The van der Waals surface area contributed by atoms with Crippen molar-refractivity contribution >= 4 is 40.5 Å². The molecule has 6 nitrogen and oxygen atoms in total. The van der Waals surface area contributed by atoms with E-state index in [9.17, 15) is 4.79 Å². The quantitative estimate of drug-likeness (QED) is 0.510. The Hall–Kier alpha value is -2.96. The molecule has 1 heterocycles. The highest BCUT2D eigenvalue weighted by Gasteiger charge is 2.17. The van der Waals surface area contributed by atoms with Gasteiger partial charge < -0.3 is 5.32 Å². The fourth-order valence-corrected chi connectivity index (χ4v) is 3.10. The van der Waals surface area contributed by atoms with Crippen molar-refractivity contribution in [2.45, 2.75) is 27.3 Å². The molecule has 2 aromatic carbocycles. The van der Waals surface area contributed by atoms with Crippen LogP contribution in [0.3, 0.4) is 0 Å². The number of amides is 1. The molecule has 0 radical (unpaired) electrons. The number of halogens is 2. The van der Waals surface area contributed by atoms with Gasteiger partial charge in [0.1, 0.15) is 0 Å². The molecule has 0 aliphatic rings. The highest BCUT2D eigenvalue weighted by molar-refractivity contribution is 6.42. The molecule has 0 saturated carbocycles. The first kappa shape index (κ1) is 21.7. The lowest BCUT2D eigenvalue weighted by Gasteiger charge is -2.07. The van der Waals surface area contributed by atoms with Gasteiger partial charge in [-0.15, -0.1) is 5.10 Å². The maximum absolute atomic E-state index is 12.7. The summed E-state index contributed by atoms with van der Waals surface area (Å²) in [5, 5.41) is 12.0. The second kappa shape index (κ2) is 9.69. The summed E-state index contributed by atoms with van der Waals surface area (Å²) in [5.41, 5.74) is 4.38. The summed E-state index contributed by atoms with van der Waals surface area (Å²) in [6.45, 7) is 6.08. The topological polar surface area (TPSA) is 72.2 Å². The summed E-state index contributed by atoms with van der Waals surface area (Å²) in [6, 6.07) is 12.8. The molecule has 0 spiro atoms. The number of rotatable bonds is 6. The lowest BCUT2D eigenvalue weighted by atomic mass is 10.1. The number of carbonyl (C=O) groups is 1. The van der Waals surface area contributed by atoms with E-state index in [0.29, 0.717) is 28.0 Å². The molecule has 0 fully saturated rings. The van der Waals surface area contributed by atoms with Gasteiger partial charge in [0.2, 0.25) is 0 Å². The number of benzene rings is 2. The van der Waals surface area contributed by atoms with Crippen LogP contribution >= 0.6 is 23.2 Å². The molecular weight excluding hydrogens is 421 g/mol. The molecule has 3 aromatic rings. The van der Waals surface area contributed by atoms with Crippen LogP contribution in [0.2, 0.25) is 10.0 Å². The summed E-state index contributed by atoms with van der Waals surface area (Å²) < 4.78 is 1.65. The van der Waals surface area contributed by atoms with Crippen molar-refractivity contribution in [2.75, 3.05) is 5.32 Å². The van der Waals surface area contributed by atoms with Gasteiger partial charge in [0, 0.05) is 17.6 Å². The predicted octanol–water partition coefficient (Wildman–Crippen LogP) is 5.54. The Morgan fingerprint density at radius 1 is 1.17 bits per heavy atom. The van der Waals surface area contributed by atoms with E-state index in [2.05, 4.69) is 20.6 Å². The Kier molecular flexibility index (Phi) is 7.03. The summed E-state index contributed by atoms with van der Waals surface area (Å²) in [7, 11) is 0. The molecule has 1 N–H and O–H groups in total. The van der Waals surface area contributed by atoms with Crippen molar-refractivity contribution in [2.24, 2.45) is 4.99 Å². The van der Waals surface area contributed by atoms with E-state index in [4.69, 9.17) is 23.2 Å². The highest BCUT2D eigenvalue weighted by atomic mass is 35.5. The molecule has 0 aliphatic carbocycles. The predicted molar refractivity (Wildman–Crippen MR) is 122 cm³/mol. The van der Waals surface area contributed by atoms with E-state index in [1.165, 1.54) is 0 Å². The van der Waals surface area contributed by atoms with Crippen molar-refractivity contribution in [3.63, 3.8) is 0 Å². The fourth-order valence-electron chi connectivity index (χ4n) is 2.78. The van der Waals surface area contributed by atoms with Gasteiger partial charge in [0.25, 0.3) is 5.91 Å². The third-order valence-electron chi connectivity index (χ3n) is 4.49. The largest absolute Gasteiger partial charge is 0.321 e. The zero-order valence-electron chi connectivity index (χ0n) is 16.9. The van der Waals surface area contributed by atoms with Crippen LogP contribution in [0.5, 0.6) is 0 Å². The normalized spacial score (nSPS) is 11.8. The minimum atomic E-state index is -0.319. The van der Waals surface area contributed by atoms with Crippen LogP contribution in [0.25, 0.3) is 0 Å². The number of aliphatic imine (C=N–C) groups is 1. The first-order valence-electron chi connectivity index (χ1n) is 9.30. The van der Waals surface area contributed by atoms with Crippen molar-refractivity contribution in [1.29, 1.82) is 0 Å². The minimum absolute atomic E-state index is 0.268. The molecule has 1 aromatic heterocycles. The van der Waals surface area contributed by atoms with E-state index in [0.717, 1.165) is 16.8 Å². The first-order chi connectivity index (χ1) is 14.4. The lowest BCUT2D eigenvalue weighted by molar-refractivity contribution is 0.102. The van der Waals surface area contributed by atoms with Crippen LogP contribution in [-0.2, 0) is 6.54 Å². The average Bonchev–Trinajstić information content (AvgIpc) is 3.09. The van der Waals surface area contributed by atoms with E-state index in [1.54, 1.807) is 29.9 Å². The molecule has 1 amide bonds. The van der Waals surface area contributed by atoms with Gasteiger partial charge in [-0.05, 0) is 56.2 Å². The Labute approximate surface area is 185 Å². The number of allylic oxidation sites excluding steroid dienone is 1. The fraction of sp³-hybridized carbons (Fsp3) is 0.182. The second-order valence-electron chi connectivity index (χ2n) is 6.66. The third-order valence-corrected chi connectivity index (χ3v) is 5.23. The summed E-state index contributed by atoms with van der Waals surface area (Å²) in [4.78, 5) is 17.0. The van der Waals surface area contributed by atoms with E-state index < -0.39 is 0 Å². The Balaban J connectivity index is 1.71. The van der Waals surface area contributed by atoms with E-state index in [-0.39, 0.29) is 11.6 Å². The summed E-state index contributed by atoms with van der Waals surface area (Å²) >= 11 is 12.0. The molecule has 154 valence electrons. The summed E-state index contributed by atoms with van der Waals surface area (Å²) in [6.07, 6.45) is 3.62. The molecule has 0 atom stereocenters. The standard InChI is InChI=1S/C22H21Cl2N5O/c1-4-11-25-14(2)17-6-8-18(9-7-17)26-22(30)21-15(3)29(28-27-21)13-16-5-10-19(23)20(24)12-16/h4-12H,13H2,1-3H3,(H,26,30)/b11-4-,25-14?. The van der Waals surface area contributed by atoms with Gasteiger partial charge in [-0.2, -0.15) is 0 Å². The molecule has 0 bridgehead atoms. The molecule has 0 saturated heterocycles. The Morgan fingerprint density at radius 3 is 2.57 bits per heavy atom. The van der Waals surface area contributed by atoms with Gasteiger partial charge in [0.05, 0.1) is 22.3 Å². The third kappa shape index (κ3) is 5.14. The smallest absolute Gasteiger partial charge is 0.278 e. The van der Waals surface area contributed by atoms with E-state index in [1.807, 2.05) is 50.3 Å². The van der Waals surface area contributed by atoms with Crippen LogP contribution in [-0.4, -0.2) is 26.6 Å². The van der Waals surface area contributed by atoms with Gasteiger partial charge in [-0.25, -0.2) is 4.68 Å². The zero-order chi connectivity index (χ0) is 21.7. The number of nitrogens with zero attached hydrogens (tertiary/aromatic N) is 4. The van der Waals surface area contributed by atoms with Crippen molar-refractivity contribution in [3.8, 4) is 0 Å². The van der Waals surface area contributed by atoms with Crippen LogP contribution in [0.1, 0.15) is 41.2 Å². The van der Waals surface area contributed by atoms with Crippen LogP contribution in [0.4, 0.5) is 5.69 Å². The summed E-state index contributed by atoms with van der Waals surface area (Å²) in [5.74, 6) is -0.319. The molecular formula is C22H21Cl2N5O. The molecule has 3 rings (SSSR count). The minimum Gasteiger partial charge on any atom is -0.321 e. The van der Waals surface area contributed by atoms with Crippen molar-refractivity contribution in [1.82, 2.24) is 15.0 Å². The van der Waals surface area contributed by atoms with Crippen LogP contribution in [0, 0.1) is 6.92 Å². The maximum atomic E-state index is 12.7. The van der Waals surface area contributed by atoms with Crippen molar-refractivity contribution < 1.29 is 4.79 Å².